The number of carbonyl (C=O) groups excluding carboxylic acids is 1. The SMILES string of the molecule is Cc1cn(Cc2ccc([C@H]3C[C@@H]4CN(C)C[C@@H]4C3)cc2)c2ccc(-n3nc(C(N)=O)cc3C)cc12. The Morgan fingerprint density at radius 2 is 1.74 bits per heavy atom. The zero-order valence-corrected chi connectivity index (χ0v) is 20.7. The minimum Gasteiger partial charge on any atom is -0.364 e. The Bertz CT molecular complexity index is 1400. The van der Waals surface area contributed by atoms with Crippen molar-refractivity contribution in [3.05, 3.63) is 82.8 Å². The number of benzene rings is 2. The highest BCUT2D eigenvalue weighted by atomic mass is 16.1. The lowest BCUT2D eigenvalue weighted by Crippen LogP contribution is -2.16. The van der Waals surface area contributed by atoms with E-state index in [1.54, 1.807) is 10.7 Å². The molecule has 0 radical (unpaired) electrons. The number of amides is 1. The molecule has 6 nitrogen and oxygen atoms in total. The zero-order chi connectivity index (χ0) is 24.3. The molecule has 4 aromatic rings. The van der Waals surface area contributed by atoms with Crippen LogP contribution < -0.4 is 5.73 Å². The maximum atomic E-state index is 11.5. The van der Waals surface area contributed by atoms with Gasteiger partial charge in [-0.2, -0.15) is 5.10 Å². The molecule has 35 heavy (non-hydrogen) atoms. The molecule has 2 N–H and O–H groups in total. The summed E-state index contributed by atoms with van der Waals surface area (Å²) in [6.45, 7) is 7.46. The van der Waals surface area contributed by atoms with Crippen molar-refractivity contribution in [2.45, 2.75) is 39.2 Å². The highest BCUT2D eigenvalue weighted by Crippen LogP contribution is 2.45. The number of nitrogens with zero attached hydrogens (tertiary/aromatic N) is 4. The van der Waals surface area contributed by atoms with Crippen molar-refractivity contribution < 1.29 is 4.79 Å². The molecule has 2 aromatic carbocycles. The first-order chi connectivity index (χ1) is 16.9. The molecule has 1 aliphatic carbocycles. The van der Waals surface area contributed by atoms with E-state index in [1.807, 2.05) is 6.92 Å². The van der Waals surface area contributed by atoms with Crippen LogP contribution >= 0.6 is 0 Å². The average Bonchev–Trinajstić information content (AvgIpc) is 3.57. The van der Waals surface area contributed by atoms with Gasteiger partial charge in [-0.15, -0.1) is 0 Å². The first kappa shape index (κ1) is 22.1. The molecular weight excluding hydrogens is 434 g/mol. The van der Waals surface area contributed by atoms with Gasteiger partial charge in [-0.25, -0.2) is 4.68 Å². The fraction of sp³-hybridized carbons (Fsp3) is 0.379. The van der Waals surface area contributed by atoms with Crippen LogP contribution in [-0.4, -0.2) is 45.3 Å². The standard InChI is InChI=1S/C29H33N5O/c1-18-14-33(28-9-8-25(13-26(18)28)34-19(2)10-27(31-34)29(30)35)15-20-4-6-21(7-5-20)22-11-23-16-32(3)17-24(23)12-22/h4-10,13-14,22-24H,11-12,15-17H2,1-3H3,(H2,30,35)/t22-,23+,24-. The Balaban J connectivity index is 1.22. The quantitative estimate of drug-likeness (QED) is 0.465. The minimum atomic E-state index is -0.510. The second kappa shape index (κ2) is 8.38. The summed E-state index contributed by atoms with van der Waals surface area (Å²) in [5.74, 6) is 1.99. The van der Waals surface area contributed by atoms with Gasteiger partial charge in [0.25, 0.3) is 5.91 Å². The van der Waals surface area contributed by atoms with Gasteiger partial charge in [0.2, 0.25) is 0 Å². The van der Waals surface area contributed by atoms with E-state index in [2.05, 4.69) is 77.2 Å². The van der Waals surface area contributed by atoms with E-state index in [0.717, 1.165) is 35.7 Å². The molecule has 2 aromatic heterocycles. The lowest BCUT2D eigenvalue weighted by atomic mass is 9.95. The Kier molecular flexibility index (Phi) is 5.29. The van der Waals surface area contributed by atoms with Crippen molar-refractivity contribution in [1.82, 2.24) is 19.2 Å². The number of hydrogen-bond donors (Lipinski definition) is 1. The van der Waals surface area contributed by atoms with E-state index >= 15 is 0 Å². The van der Waals surface area contributed by atoms with Crippen LogP contribution in [0.4, 0.5) is 0 Å². The Morgan fingerprint density at radius 3 is 2.40 bits per heavy atom. The van der Waals surface area contributed by atoms with Gasteiger partial charge in [-0.1, -0.05) is 24.3 Å². The molecule has 3 atom stereocenters. The Hall–Kier alpha value is -3.38. The van der Waals surface area contributed by atoms with Crippen LogP contribution in [0.25, 0.3) is 16.6 Å². The predicted molar refractivity (Wildman–Crippen MR) is 139 cm³/mol. The zero-order valence-electron chi connectivity index (χ0n) is 20.7. The molecule has 2 aliphatic rings. The van der Waals surface area contributed by atoms with Crippen LogP contribution in [0.3, 0.4) is 0 Å². The number of aryl methyl sites for hydroxylation is 2. The summed E-state index contributed by atoms with van der Waals surface area (Å²) in [4.78, 5) is 14.0. The fourth-order valence-corrected chi connectivity index (χ4v) is 6.48. The Labute approximate surface area is 206 Å². The van der Waals surface area contributed by atoms with Gasteiger partial charge < -0.3 is 15.2 Å². The van der Waals surface area contributed by atoms with Crippen LogP contribution in [0.2, 0.25) is 0 Å². The van der Waals surface area contributed by atoms with Gasteiger partial charge in [0.05, 0.1) is 5.69 Å². The molecule has 2 fully saturated rings. The first-order valence-corrected chi connectivity index (χ1v) is 12.6. The largest absolute Gasteiger partial charge is 0.364 e. The summed E-state index contributed by atoms with van der Waals surface area (Å²) in [6, 6.07) is 17.4. The summed E-state index contributed by atoms with van der Waals surface area (Å²) >= 11 is 0. The summed E-state index contributed by atoms with van der Waals surface area (Å²) in [6.07, 6.45) is 4.91. The number of nitrogens with two attached hydrogens (primary N) is 1. The summed E-state index contributed by atoms with van der Waals surface area (Å²) in [5.41, 5.74) is 12.8. The van der Waals surface area contributed by atoms with Crippen LogP contribution in [0.15, 0.2) is 54.7 Å². The highest BCUT2D eigenvalue weighted by molar-refractivity contribution is 5.91. The molecular formula is C29H33N5O. The van der Waals surface area contributed by atoms with E-state index in [9.17, 15) is 4.79 Å². The van der Waals surface area contributed by atoms with Gasteiger partial charge in [0, 0.05) is 42.4 Å². The number of likely N-dealkylation sites (tertiary alicyclic amines) is 1. The van der Waals surface area contributed by atoms with Crippen molar-refractivity contribution in [2.75, 3.05) is 20.1 Å². The maximum Gasteiger partial charge on any atom is 0.269 e. The van der Waals surface area contributed by atoms with Crippen molar-refractivity contribution >= 4 is 16.8 Å². The third kappa shape index (κ3) is 3.96. The number of carbonyl (C=O) groups is 1. The molecule has 6 rings (SSSR count). The molecule has 1 aliphatic heterocycles. The molecule has 0 bridgehead atoms. The molecule has 0 unspecified atom stereocenters. The number of primary amides is 1. The molecule has 1 saturated carbocycles. The number of rotatable bonds is 5. The lowest BCUT2D eigenvalue weighted by Gasteiger charge is -2.15. The van der Waals surface area contributed by atoms with E-state index < -0.39 is 5.91 Å². The van der Waals surface area contributed by atoms with E-state index in [0.29, 0.717) is 0 Å². The second-order valence-electron chi connectivity index (χ2n) is 10.7. The predicted octanol–water partition coefficient (Wildman–Crippen LogP) is 4.65. The minimum absolute atomic E-state index is 0.286. The van der Waals surface area contributed by atoms with E-state index in [-0.39, 0.29) is 5.69 Å². The number of aromatic nitrogens is 3. The number of hydrogen-bond acceptors (Lipinski definition) is 3. The molecule has 180 valence electrons. The van der Waals surface area contributed by atoms with Gasteiger partial charge in [-0.3, -0.25) is 4.79 Å². The van der Waals surface area contributed by atoms with Crippen LogP contribution in [0.1, 0.15) is 51.6 Å². The van der Waals surface area contributed by atoms with Crippen molar-refractivity contribution in [3.63, 3.8) is 0 Å². The normalized spacial score (nSPS) is 22.2. The molecule has 0 spiro atoms. The van der Waals surface area contributed by atoms with E-state index in [1.165, 1.54) is 53.5 Å². The van der Waals surface area contributed by atoms with Crippen LogP contribution in [0, 0.1) is 25.7 Å². The summed E-state index contributed by atoms with van der Waals surface area (Å²) in [5, 5.41) is 5.58. The maximum absolute atomic E-state index is 11.5. The number of fused-ring (bicyclic) bond motifs is 2. The smallest absolute Gasteiger partial charge is 0.269 e. The van der Waals surface area contributed by atoms with E-state index in [4.69, 9.17) is 5.73 Å². The molecule has 1 saturated heterocycles. The van der Waals surface area contributed by atoms with Crippen molar-refractivity contribution in [1.29, 1.82) is 0 Å². The third-order valence-electron chi connectivity index (χ3n) is 8.19. The third-order valence-corrected chi connectivity index (χ3v) is 8.19. The summed E-state index contributed by atoms with van der Waals surface area (Å²) < 4.78 is 4.11. The van der Waals surface area contributed by atoms with Gasteiger partial charge in [0.1, 0.15) is 0 Å². The average molecular weight is 468 g/mol. The van der Waals surface area contributed by atoms with Gasteiger partial charge in [0.15, 0.2) is 5.69 Å². The lowest BCUT2D eigenvalue weighted by molar-refractivity contribution is 0.0995. The topological polar surface area (TPSA) is 69.1 Å². The fourth-order valence-electron chi connectivity index (χ4n) is 6.48. The van der Waals surface area contributed by atoms with Crippen LogP contribution in [0.5, 0.6) is 0 Å². The molecule has 6 heteroatoms. The first-order valence-electron chi connectivity index (χ1n) is 12.6. The second-order valence-corrected chi connectivity index (χ2v) is 10.7. The van der Waals surface area contributed by atoms with Gasteiger partial charge >= 0.3 is 0 Å². The highest BCUT2D eigenvalue weighted by Gasteiger charge is 2.39. The van der Waals surface area contributed by atoms with Crippen LogP contribution in [-0.2, 0) is 6.54 Å². The molecule has 3 heterocycles. The Morgan fingerprint density at radius 1 is 1.03 bits per heavy atom. The monoisotopic (exact) mass is 467 g/mol. The van der Waals surface area contributed by atoms with Crippen molar-refractivity contribution in [2.24, 2.45) is 17.6 Å². The van der Waals surface area contributed by atoms with Gasteiger partial charge in [-0.05, 0) is 92.4 Å². The van der Waals surface area contributed by atoms with Crippen molar-refractivity contribution in [3.8, 4) is 5.69 Å². The summed E-state index contributed by atoms with van der Waals surface area (Å²) in [7, 11) is 2.26. The molecule has 1 amide bonds.